The summed E-state index contributed by atoms with van der Waals surface area (Å²) in [7, 11) is 0. The molecule has 0 spiro atoms. The molecule has 3 heterocycles. The Morgan fingerprint density at radius 3 is 2.42 bits per heavy atom. The summed E-state index contributed by atoms with van der Waals surface area (Å²) in [5.41, 5.74) is 5.29. The molecular weight excluding hydrogens is 455 g/mol. The van der Waals surface area contributed by atoms with Gasteiger partial charge in [0.1, 0.15) is 5.82 Å². The van der Waals surface area contributed by atoms with Crippen LogP contribution in [0.25, 0.3) is 5.69 Å². The summed E-state index contributed by atoms with van der Waals surface area (Å²) >= 11 is 11.9. The van der Waals surface area contributed by atoms with Crippen molar-refractivity contribution in [2.75, 3.05) is 4.90 Å². The second-order valence-corrected chi connectivity index (χ2v) is 8.91. The molecule has 166 valence electrons. The molecule has 33 heavy (non-hydrogen) atoms. The summed E-state index contributed by atoms with van der Waals surface area (Å²) in [6, 6.07) is 22.1. The molecular formula is C26H22ClFN4S. The van der Waals surface area contributed by atoms with Gasteiger partial charge in [-0.15, -0.1) is 0 Å². The zero-order valence-electron chi connectivity index (χ0n) is 18.2. The number of pyridine rings is 1. The van der Waals surface area contributed by atoms with E-state index in [-0.39, 0.29) is 17.9 Å². The Balaban J connectivity index is 1.69. The number of hydrogen-bond acceptors (Lipinski definition) is 2. The van der Waals surface area contributed by atoms with Gasteiger partial charge in [0.15, 0.2) is 5.11 Å². The van der Waals surface area contributed by atoms with Crippen molar-refractivity contribution in [2.24, 2.45) is 0 Å². The molecule has 2 atom stereocenters. The number of rotatable bonds is 4. The third-order valence-electron chi connectivity index (χ3n) is 6.09. The number of thiocarbonyl (C=S) groups is 1. The molecule has 2 aromatic carbocycles. The normalized spacial score (nSPS) is 17.9. The van der Waals surface area contributed by atoms with Gasteiger partial charge in [-0.05, 0) is 86.2 Å². The molecule has 1 fully saturated rings. The van der Waals surface area contributed by atoms with E-state index in [1.807, 2.05) is 66.9 Å². The lowest BCUT2D eigenvalue weighted by Gasteiger charge is -2.28. The van der Waals surface area contributed by atoms with Crippen molar-refractivity contribution in [3.05, 3.63) is 112 Å². The van der Waals surface area contributed by atoms with Crippen molar-refractivity contribution in [2.45, 2.75) is 25.9 Å². The van der Waals surface area contributed by atoms with Crippen LogP contribution in [0.5, 0.6) is 0 Å². The molecule has 4 nitrogen and oxygen atoms in total. The Labute approximate surface area is 202 Å². The average molecular weight is 477 g/mol. The Morgan fingerprint density at radius 1 is 1.00 bits per heavy atom. The van der Waals surface area contributed by atoms with Crippen molar-refractivity contribution in [3.63, 3.8) is 0 Å². The fourth-order valence-electron chi connectivity index (χ4n) is 4.64. The lowest BCUT2D eigenvalue weighted by atomic mass is 9.96. The van der Waals surface area contributed by atoms with Crippen LogP contribution in [-0.2, 0) is 0 Å². The monoisotopic (exact) mass is 476 g/mol. The molecule has 0 saturated carbocycles. The van der Waals surface area contributed by atoms with Gasteiger partial charge >= 0.3 is 0 Å². The van der Waals surface area contributed by atoms with Gasteiger partial charge in [0.05, 0.1) is 23.5 Å². The predicted molar refractivity (Wildman–Crippen MR) is 135 cm³/mol. The highest BCUT2D eigenvalue weighted by atomic mass is 35.5. The number of nitrogens with one attached hydrogen (secondary N) is 1. The second-order valence-electron chi connectivity index (χ2n) is 8.09. The van der Waals surface area contributed by atoms with Gasteiger partial charge in [-0.3, -0.25) is 4.98 Å². The molecule has 0 amide bonds. The number of nitrogens with zero attached hydrogens (tertiary/aromatic N) is 3. The van der Waals surface area contributed by atoms with Crippen LogP contribution in [0.2, 0.25) is 5.02 Å². The van der Waals surface area contributed by atoms with Crippen LogP contribution in [0, 0.1) is 19.7 Å². The summed E-state index contributed by atoms with van der Waals surface area (Å²) < 4.78 is 16.7. The first kappa shape index (κ1) is 21.6. The molecule has 0 bridgehead atoms. The van der Waals surface area contributed by atoms with Gasteiger partial charge in [0, 0.05) is 28.3 Å². The molecule has 1 saturated heterocycles. The molecule has 1 N–H and O–H groups in total. The first-order chi connectivity index (χ1) is 16.0. The highest BCUT2D eigenvalue weighted by Gasteiger charge is 2.42. The van der Waals surface area contributed by atoms with E-state index in [1.165, 1.54) is 6.07 Å². The molecule has 1 aliphatic heterocycles. The number of aryl methyl sites for hydroxylation is 1. The zero-order chi connectivity index (χ0) is 23.1. The van der Waals surface area contributed by atoms with E-state index in [1.54, 1.807) is 18.3 Å². The van der Waals surface area contributed by atoms with Crippen LogP contribution < -0.4 is 10.2 Å². The fraction of sp³-hybridized carbons (Fsp3) is 0.154. The van der Waals surface area contributed by atoms with E-state index in [2.05, 4.69) is 21.3 Å². The Kier molecular flexibility index (Phi) is 5.64. The second kappa shape index (κ2) is 8.61. The highest BCUT2D eigenvalue weighted by molar-refractivity contribution is 7.80. The average Bonchev–Trinajstić information content (AvgIpc) is 3.31. The zero-order valence-corrected chi connectivity index (χ0v) is 19.7. The quantitative estimate of drug-likeness (QED) is 0.343. The van der Waals surface area contributed by atoms with E-state index in [0.29, 0.717) is 15.8 Å². The summed E-state index contributed by atoms with van der Waals surface area (Å²) in [5, 5.41) is 4.73. The Hall–Kier alpha value is -3.22. The molecule has 4 aromatic rings. The fourth-order valence-corrected chi connectivity index (χ4v) is 5.11. The van der Waals surface area contributed by atoms with Gasteiger partial charge < -0.3 is 14.8 Å². The van der Waals surface area contributed by atoms with Gasteiger partial charge in [0.25, 0.3) is 0 Å². The number of halogens is 2. The Morgan fingerprint density at radius 2 is 1.73 bits per heavy atom. The maximum Gasteiger partial charge on any atom is 0.174 e. The SMILES string of the molecule is Cc1cc([C@@H]2[C@H](c3ccccn3)NC(=S)N2c2ccc(Cl)cc2)c(C)n1-c1ccccc1F. The number of aromatic nitrogens is 2. The topological polar surface area (TPSA) is 33.1 Å². The van der Waals surface area contributed by atoms with Gasteiger partial charge in [-0.2, -0.15) is 0 Å². The molecule has 2 aromatic heterocycles. The largest absolute Gasteiger partial charge is 0.351 e. The van der Waals surface area contributed by atoms with Crippen LogP contribution in [0.3, 0.4) is 0 Å². The molecule has 0 radical (unpaired) electrons. The molecule has 1 aliphatic rings. The molecule has 0 unspecified atom stereocenters. The minimum Gasteiger partial charge on any atom is -0.351 e. The summed E-state index contributed by atoms with van der Waals surface area (Å²) in [5.74, 6) is -0.262. The number of anilines is 1. The first-order valence-electron chi connectivity index (χ1n) is 10.7. The van der Waals surface area contributed by atoms with Crippen LogP contribution in [0.1, 0.15) is 34.7 Å². The van der Waals surface area contributed by atoms with Crippen molar-refractivity contribution >= 4 is 34.6 Å². The van der Waals surface area contributed by atoms with Crippen LogP contribution in [0.4, 0.5) is 10.1 Å². The highest BCUT2D eigenvalue weighted by Crippen LogP contribution is 2.44. The van der Waals surface area contributed by atoms with Crippen LogP contribution >= 0.6 is 23.8 Å². The van der Waals surface area contributed by atoms with E-state index in [9.17, 15) is 4.39 Å². The lowest BCUT2D eigenvalue weighted by molar-refractivity contribution is 0.564. The molecule has 7 heteroatoms. The standard InChI is InChI=1S/C26H22ClFN4S/c1-16-15-20(17(2)31(16)23-9-4-3-7-21(23)28)25-24(22-8-5-6-14-29-22)30-26(33)32(25)19-12-10-18(27)11-13-19/h3-15,24-25H,1-2H3,(H,30,33)/t24-,25+/m0/s1. The Bertz CT molecular complexity index is 1320. The van der Waals surface area contributed by atoms with Crippen LogP contribution in [0.15, 0.2) is 79.0 Å². The van der Waals surface area contributed by atoms with E-state index in [0.717, 1.165) is 28.3 Å². The van der Waals surface area contributed by atoms with Crippen molar-refractivity contribution in [3.8, 4) is 5.69 Å². The van der Waals surface area contributed by atoms with Crippen LogP contribution in [-0.4, -0.2) is 14.7 Å². The molecule has 0 aliphatic carbocycles. The minimum absolute atomic E-state index is 0.177. The summed E-state index contributed by atoms with van der Waals surface area (Å²) in [4.78, 5) is 6.70. The van der Waals surface area contributed by atoms with Crippen molar-refractivity contribution in [1.29, 1.82) is 0 Å². The van der Waals surface area contributed by atoms with E-state index < -0.39 is 0 Å². The summed E-state index contributed by atoms with van der Waals surface area (Å²) in [6.07, 6.45) is 1.78. The third-order valence-corrected chi connectivity index (χ3v) is 6.65. The first-order valence-corrected chi connectivity index (χ1v) is 11.4. The predicted octanol–water partition coefficient (Wildman–Crippen LogP) is 6.46. The maximum atomic E-state index is 14.7. The minimum atomic E-state index is -0.262. The van der Waals surface area contributed by atoms with E-state index >= 15 is 0 Å². The van der Waals surface area contributed by atoms with Gasteiger partial charge in [0.2, 0.25) is 0 Å². The number of para-hydroxylation sites is 1. The van der Waals surface area contributed by atoms with Crippen molar-refractivity contribution in [1.82, 2.24) is 14.9 Å². The number of hydrogen-bond donors (Lipinski definition) is 1. The summed E-state index contributed by atoms with van der Waals surface area (Å²) in [6.45, 7) is 4.01. The third kappa shape index (κ3) is 3.79. The molecule has 5 rings (SSSR count). The number of benzene rings is 2. The van der Waals surface area contributed by atoms with Gasteiger partial charge in [-0.1, -0.05) is 29.8 Å². The maximum absolute atomic E-state index is 14.7. The lowest BCUT2D eigenvalue weighted by Crippen LogP contribution is -2.29. The smallest absolute Gasteiger partial charge is 0.174 e. The van der Waals surface area contributed by atoms with Crippen molar-refractivity contribution < 1.29 is 4.39 Å². The van der Waals surface area contributed by atoms with Gasteiger partial charge in [-0.25, -0.2) is 4.39 Å². The van der Waals surface area contributed by atoms with E-state index in [4.69, 9.17) is 23.8 Å².